The first-order valence-corrected chi connectivity index (χ1v) is 6.74. The number of hydrogen-bond donors (Lipinski definition) is 2. The van der Waals surface area contributed by atoms with Crippen molar-refractivity contribution in [2.24, 2.45) is 0 Å². The van der Waals surface area contributed by atoms with Crippen LogP contribution in [0, 0.1) is 0 Å². The number of carbonyl (C=O) groups excluding carboxylic acids is 2. The lowest BCUT2D eigenvalue weighted by Gasteiger charge is -2.16. The van der Waals surface area contributed by atoms with E-state index in [-0.39, 0.29) is 30.9 Å². The monoisotopic (exact) mass is 297 g/mol. The number of benzene rings is 1. The molecule has 0 aliphatic heterocycles. The van der Waals surface area contributed by atoms with Crippen molar-refractivity contribution in [3.63, 3.8) is 0 Å². The zero-order chi connectivity index (χ0) is 15.1. The largest absolute Gasteiger partial charge is 0.347 e. The third-order valence-electron chi connectivity index (χ3n) is 2.88. The van der Waals surface area contributed by atoms with Gasteiger partial charge in [0.15, 0.2) is 0 Å². The Kier molecular flexibility index (Phi) is 6.48. The molecule has 1 aromatic rings. The second-order valence-corrected chi connectivity index (χ2v) is 5.10. The van der Waals surface area contributed by atoms with Gasteiger partial charge in [-0.1, -0.05) is 29.8 Å². The van der Waals surface area contributed by atoms with Crippen molar-refractivity contribution in [1.82, 2.24) is 15.5 Å². The molecule has 0 aromatic heterocycles. The average molecular weight is 298 g/mol. The van der Waals surface area contributed by atoms with Crippen molar-refractivity contribution in [3.05, 3.63) is 34.9 Å². The maximum atomic E-state index is 11.6. The number of halogens is 1. The Hall–Kier alpha value is -1.59. The van der Waals surface area contributed by atoms with Crippen LogP contribution in [0.3, 0.4) is 0 Å². The van der Waals surface area contributed by atoms with Crippen molar-refractivity contribution in [2.75, 3.05) is 27.2 Å². The summed E-state index contributed by atoms with van der Waals surface area (Å²) in [4.78, 5) is 24.4. The van der Waals surface area contributed by atoms with E-state index in [1.807, 2.05) is 31.2 Å². The Morgan fingerprint density at radius 2 is 1.90 bits per heavy atom. The van der Waals surface area contributed by atoms with E-state index >= 15 is 0 Å². The summed E-state index contributed by atoms with van der Waals surface area (Å²) < 4.78 is 0. The molecule has 1 atom stereocenters. The van der Waals surface area contributed by atoms with E-state index in [0.717, 1.165) is 5.56 Å². The predicted octanol–water partition coefficient (Wildman–Crippen LogP) is 1.20. The van der Waals surface area contributed by atoms with Crippen molar-refractivity contribution >= 4 is 23.4 Å². The summed E-state index contributed by atoms with van der Waals surface area (Å²) in [6.07, 6.45) is 0. The van der Waals surface area contributed by atoms with Crippen molar-refractivity contribution < 1.29 is 9.59 Å². The molecule has 20 heavy (non-hydrogen) atoms. The first-order chi connectivity index (χ1) is 9.41. The Morgan fingerprint density at radius 1 is 1.25 bits per heavy atom. The molecule has 2 N–H and O–H groups in total. The van der Waals surface area contributed by atoms with Crippen LogP contribution in [0.2, 0.25) is 5.02 Å². The van der Waals surface area contributed by atoms with Crippen LogP contribution in [0.25, 0.3) is 0 Å². The van der Waals surface area contributed by atoms with Crippen LogP contribution in [0.4, 0.5) is 0 Å². The zero-order valence-electron chi connectivity index (χ0n) is 11.9. The number of carbonyl (C=O) groups is 2. The Balaban J connectivity index is 2.38. The van der Waals surface area contributed by atoms with Crippen LogP contribution in [-0.2, 0) is 9.59 Å². The average Bonchev–Trinajstić information content (AvgIpc) is 2.42. The summed E-state index contributed by atoms with van der Waals surface area (Å²) in [6.45, 7) is 2.07. The summed E-state index contributed by atoms with van der Waals surface area (Å²) in [6, 6.07) is 7.44. The van der Waals surface area contributed by atoms with Gasteiger partial charge in [-0.05, 0) is 18.6 Å². The number of nitrogens with one attached hydrogen (secondary N) is 2. The Morgan fingerprint density at radius 3 is 2.50 bits per heavy atom. The highest BCUT2D eigenvalue weighted by molar-refractivity contribution is 6.31. The predicted molar refractivity (Wildman–Crippen MR) is 79.6 cm³/mol. The van der Waals surface area contributed by atoms with Crippen LogP contribution in [0.15, 0.2) is 24.3 Å². The minimum Gasteiger partial charge on any atom is -0.347 e. The minimum atomic E-state index is -0.223. The molecule has 0 fully saturated rings. The molecule has 0 saturated carbocycles. The molecule has 0 spiro atoms. The van der Waals surface area contributed by atoms with Gasteiger partial charge in [-0.15, -0.1) is 0 Å². The molecular weight excluding hydrogens is 278 g/mol. The highest BCUT2D eigenvalue weighted by atomic mass is 35.5. The highest BCUT2D eigenvalue weighted by Crippen LogP contribution is 2.21. The van der Waals surface area contributed by atoms with E-state index in [4.69, 9.17) is 11.6 Å². The SMILES string of the molecule is C[C@H](NCC(=O)NCC(=O)N(C)C)c1ccccc1Cl. The smallest absolute Gasteiger partial charge is 0.241 e. The number of nitrogens with zero attached hydrogens (tertiary/aromatic N) is 1. The molecule has 1 rings (SSSR count). The van der Waals surface area contributed by atoms with Gasteiger partial charge in [0, 0.05) is 25.2 Å². The van der Waals surface area contributed by atoms with Crippen molar-refractivity contribution in [1.29, 1.82) is 0 Å². The summed E-state index contributed by atoms with van der Waals surface area (Å²) in [5.74, 6) is -0.364. The molecule has 0 aliphatic carbocycles. The number of amides is 2. The topological polar surface area (TPSA) is 61.4 Å². The van der Waals surface area contributed by atoms with Gasteiger partial charge in [-0.2, -0.15) is 0 Å². The molecule has 0 aliphatic rings. The maximum absolute atomic E-state index is 11.6. The van der Waals surface area contributed by atoms with E-state index in [2.05, 4.69) is 10.6 Å². The fourth-order valence-corrected chi connectivity index (χ4v) is 1.88. The lowest BCUT2D eigenvalue weighted by molar-refractivity contribution is -0.130. The maximum Gasteiger partial charge on any atom is 0.241 e. The third-order valence-corrected chi connectivity index (χ3v) is 3.22. The third kappa shape index (κ3) is 5.19. The van der Waals surface area contributed by atoms with Gasteiger partial charge in [0.2, 0.25) is 11.8 Å². The molecule has 0 radical (unpaired) electrons. The number of likely N-dealkylation sites (N-methyl/N-ethyl adjacent to an activating group) is 1. The molecule has 0 heterocycles. The number of rotatable bonds is 6. The van der Waals surface area contributed by atoms with Gasteiger partial charge in [0.25, 0.3) is 0 Å². The first-order valence-electron chi connectivity index (χ1n) is 6.36. The molecule has 0 unspecified atom stereocenters. The van der Waals surface area contributed by atoms with Crippen LogP contribution < -0.4 is 10.6 Å². The first kappa shape index (κ1) is 16.5. The molecule has 5 nitrogen and oxygen atoms in total. The van der Waals surface area contributed by atoms with Crippen LogP contribution in [-0.4, -0.2) is 43.9 Å². The van der Waals surface area contributed by atoms with E-state index in [0.29, 0.717) is 5.02 Å². The fraction of sp³-hybridized carbons (Fsp3) is 0.429. The van der Waals surface area contributed by atoms with Gasteiger partial charge < -0.3 is 15.5 Å². The summed E-state index contributed by atoms with van der Waals surface area (Å²) in [5.41, 5.74) is 0.936. The molecule has 0 saturated heterocycles. The second-order valence-electron chi connectivity index (χ2n) is 4.69. The van der Waals surface area contributed by atoms with E-state index in [9.17, 15) is 9.59 Å². The van der Waals surface area contributed by atoms with E-state index in [1.165, 1.54) is 4.90 Å². The quantitative estimate of drug-likeness (QED) is 0.829. The Bertz CT molecular complexity index is 477. The van der Waals surface area contributed by atoms with Crippen LogP contribution in [0.5, 0.6) is 0 Å². The van der Waals surface area contributed by atoms with Gasteiger partial charge in [0.1, 0.15) is 0 Å². The van der Waals surface area contributed by atoms with E-state index in [1.54, 1.807) is 14.1 Å². The molecule has 0 bridgehead atoms. The van der Waals surface area contributed by atoms with E-state index < -0.39 is 0 Å². The molecule has 2 amide bonds. The standard InChI is InChI=1S/C14H20ClN3O2/c1-10(11-6-4-5-7-12(11)15)16-8-13(19)17-9-14(20)18(2)3/h4-7,10,16H,8-9H2,1-3H3,(H,17,19)/t10-/m0/s1. The van der Waals surface area contributed by atoms with Gasteiger partial charge in [-0.3, -0.25) is 9.59 Å². The summed E-state index contributed by atoms with van der Waals surface area (Å²) in [7, 11) is 3.29. The second kappa shape index (κ2) is 7.87. The van der Waals surface area contributed by atoms with Gasteiger partial charge >= 0.3 is 0 Å². The normalized spacial score (nSPS) is 11.8. The molecule has 110 valence electrons. The van der Waals surface area contributed by atoms with Gasteiger partial charge in [-0.25, -0.2) is 0 Å². The molecule has 1 aromatic carbocycles. The van der Waals surface area contributed by atoms with Crippen LogP contribution in [0.1, 0.15) is 18.5 Å². The van der Waals surface area contributed by atoms with Crippen LogP contribution >= 0.6 is 11.6 Å². The van der Waals surface area contributed by atoms with Crippen molar-refractivity contribution in [2.45, 2.75) is 13.0 Å². The Labute approximate surface area is 124 Å². The van der Waals surface area contributed by atoms with Gasteiger partial charge in [0.05, 0.1) is 13.1 Å². The minimum absolute atomic E-state index is 0.00792. The summed E-state index contributed by atoms with van der Waals surface area (Å²) >= 11 is 6.08. The van der Waals surface area contributed by atoms with Crippen molar-refractivity contribution in [3.8, 4) is 0 Å². The highest BCUT2D eigenvalue weighted by Gasteiger charge is 2.11. The lowest BCUT2D eigenvalue weighted by atomic mass is 10.1. The lowest BCUT2D eigenvalue weighted by Crippen LogP contribution is -2.40. The molecular formula is C14H20ClN3O2. The fourth-order valence-electron chi connectivity index (χ4n) is 1.58. The molecule has 6 heteroatoms. The zero-order valence-corrected chi connectivity index (χ0v) is 12.7. The number of hydrogen-bond acceptors (Lipinski definition) is 3. The summed E-state index contributed by atoms with van der Waals surface area (Å²) in [5, 5.41) is 6.29.